The first-order valence-corrected chi connectivity index (χ1v) is 10.6. The largest absolute Gasteiger partial charge is 0.0885 e. The third-order valence-corrected chi connectivity index (χ3v) is 5.78. The van der Waals surface area contributed by atoms with Crippen molar-refractivity contribution in [1.82, 2.24) is 0 Å². The van der Waals surface area contributed by atoms with Crippen molar-refractivity contribution in [2.75, 3.05) is 0 Å². The van der Waals surface area contributed by atoms with E-state index in [2.05, 4.69) is 49.4 Å². The van der Waals surface area contributed by atoms with E-state index in [1.165, 1.54) is 89.0 Å². The average Bonchev–Trinajstić information content (AvgIpc) is 2.63. The second kappa shape index (κ2) is 12.3. The fourth-order valence-corrected chi connectivity index (χ4v) is 4.24. The first-order chi connectivity index (χ1) is 11.9. The number of hydrogen-bond acceptors (Lipinski definition) is 0. The molecule has 2 rings (SSSR count). The molecule has 1 aromatic carbocycles. The van der Waals surface area contributed by atoms with Crippen LogP contribution >= 0.6 is 0 Å². The molecular weight excluding hydrogens is 288 g/mol. The van der Waals surface area contributed by atoms with Crippen molar-refractivity contribution in [3.8, 4) is 0 Å². The van der Waals surface area contributed by atoms with Crippen LogP contribution < -0.4 is 0 Å². The van der Waals surface area contributed by atoms with Gasteiger partial charge in [0, 0.05) is 0 Å². The van der Waals surface area contributed by atoms with Gasteiger partial charge in [-0.05, 0) is 49.5 Å². The number of aryl methyl sites for hydroxylation is 1. The van der Waals surface area contributed by atoms with Gasteiger partial charge in [-0.2, -0.15) is 0 Å². The molecular formula is C24H38. The maximum atomic E-state index is 2.49. The molecule has 0 nitrogen and oxygen atoms in total. The molecule has 0 spiro atoms. The van der Waals surface area contributed by atoms with Crippen molar-refractivity contribution in [1.29, 1.82) is 0 Å². The number of rotatable bonds is 11. The lowest BCUT2D eigenvalue weighted by Gasteiger charge is -2.31. The first kappa shape index (κ1) is 19.3. The molecule has 0 radical (unpaired) electrons. The van der Waals surface area contributed by atoms with Gasteiger partial charge in [-0.1, -0.05) is 101 Å². The highest BCUT2D eigenvalue weighted by atomic mass is 14.3. The second-order valence-corrected chi connectivity index (χ2v) is 7.74. The molecule has 1 unspecified atom stereocenters. The van der Waals surface area contributed by atoms with E-state index in [1.54, 1.807) is 0 Å². The van der Waals surface area contributed by atoms with E-state index in [9.17, 15) is 0 Å². The Morgan fingerprint density at radius 2 is 1.67 bits per heavy atom. The van der Waals surface area contributed by atoms with Crippen LogP contribution in [-0.2, 0) is 6.42 Å². The molecule has 134 valence electrons. The average molecular weight is 327 g/mol. The van der Waals surface area contributed by atoms with Crippen molar-refractivity contribution in [3.63, 3.8) is 0 Å². The Labute approximate surface area is 150 Å². The molecule has 1 aromatic rings. The van der Waals surface area contributed by atoms with Crippen LogP contribution in [0.1, 0.15) is 89.5 Å². The fourth-order valence-electron chi connectivity index (χ4n) is 4.24. The van der Waals surface area contributed by atoms with Crippen molar-refractivity contribution in [2.45, 2.75) is 90.4 Å². The van der Waals surface area contributed by atoms with Crippen molar-refractivity contribution in [2.24, 2.45) is 11.8 Å². The monoisotopic (exact) mass is 326 g/mol. The Morgan fingerprint density at radius 3 is 2.46 bits per heavy atom. The summed E-state index contributed by atoms with van der Waals surface area (Å²) in [4.78, 5) is 0. The fraction of sp³-hybridized carbons (Fsp3) is 0.667. The van der Waals surface area contributed by atoms with Gasteiger partial charge in [-0.25, -0.2) is 0 Å². The van der Waals surface area contributed by atoms with Crippen LogP contribution in [0.3, 0.4) is 0 Å². The van der Waals surface area contributed by atoms with Gasteiger partial charge in [0.1, 0.15) is 0 Å². The summed E-state index contributed by atoms with van der Waals surface area (Å²) >= 11 is 0. The number of unbranched alkanes of at least 4 members (excludes halogenated alkanes) is 4. The van der Waals surface area contributed by atoms with E-state index in [0.717, 1.165) is 11.8 Å². The molecule has 0 N–H and O–H groups in total. The van der Waals surface area contributed by atoms with E-state index in [4.69, 9.17) is 0 Å². The summed E-state index contributed by atoms with van der Waals surface area (Å²) in [7, 11) is 0. The molecule has 2 atom stereocenters. The van der Waals surface area contributed by atoms with Gasteiger partial charge in [0.05, 0.1) is 0 Å². The van der Waals surface area contributed by atoms with E-state index in [1.807, 2.05) is 0 Å². The summed E-state index contributed by atoms with van der Waals surface area (Å²) in [6.07, 6.45) is 23.1. The van der Waals surface area contributed by atoms with Gasteiger partial charge in [0.15, 0.2) is 0 Å². The van der Waals surface area contributed by atoms with Crippen molar-refractivity contribution >= 4 is 0 Å². The Balaban J connectivity index is 1.61. The molecule has 0 heteroatoms. The molecule has 0 heterocycles. The highest BCUT2D eigenvalue weighted by Crippen LogP contribution is 2.36. The summed E-state index contributed by atoms with van der Waals surface area (Å²) in [6, 6.07) is 11.0. The molecule has 0 saturated heterocycles. The third kappa shape index (κ3) is 7.69. The van der Waals surface area contributed by atoms with Crippen LogP contribution in [0.25, 0.3) is 0 Å². The minimum Gasteiger partial charge on any atom is -0.0885 e. The second-order valence-electron chi connectivity index (χ2n) is 7.74. The van der Waals surface area contributed by atoms with E-state index in [-0.39, 0.29) is 0 Å². The van der Waals surface area contributed by atoms with E-state index in [0.29, 0.717) is 0 Å². The zero-order valence-corrected chi connectivity index (χ0v) is 15.9. The Morgan fingerprint density at radius 1 is 0.875 bits per heavy atom. The SMILES string of the molecule is CCCC/C=C\C[C@H]1CCCCC1CCCCCc1ccccc1. The van der Waals surface area contributed by atoms with Crippen molar-refractivity contribution < 1.29 is 0 Å². The molecule has 0 aliphatic heterocycles. The van der Waals surface area contributed by atoms with Crippen LogP contribution in [-0.4, -0.2) is 0 Å². The first-order valence-electron chi connectivity index (χ1n) is 10.6. The molecule has 1 aliphatic rings. The lowest BCUT2D eigenvalue weighted by Crippen LogP contribution is -2.19. The van der Waals surface area contributed by atoms with Crippen LogP contribution in [0.2, 0.25) is 0 Å². The van der Waals surface area contributed by atoms with Gasteiger partial charge in [-0.3, -0.25) is 0 Å². The lowest BCUT2D eigenvalue weighted by atomic mass is 9.75. The van der Waals surface area contributed by atoms with Crippen LogP contribution in [0.15, 0.2) is 42.5 Å². The molecule has 1 saturated carbocycles. The zero-order valence-electron chi connectivity index (χ0n) is 15.9. The van der Waals surface area contributed by atoms with Gasteiger partial charge >= 0.3 is 0 Å². The number of hydrogen-bond donors (Lipinski definition) is 0. The van der Waals surface area contributed by atoms with E-state index < -0.39 is 0 Å². The maximum absolute atomic E-state index is 2.49. The van der Waals surface area contributed by atoms with Crippen LogP contribution in [0, 0.1) is 11.8 Å². The zero-order chi connectivity index (χ0) is 16.9. The molecule has 0 bridgehead atoms. The molecule has 1 aliphatic carbocycles. The molecule has 0 amide bonds. The highest BCUT2D eigenvalue weighted by molar-refractivity contribution is 5.14. The minimum atomic E-state index is 0.978. The number of benzene rings is 1. The van der Waals surface area contributed by atoms with Crippen LogP contribution in [0.4, 0.5) is 0 Å². The summed E-state index contributed by atoms with van der Waals surface area (Å²) in [5.74, 6) is 1.98. The van der Waals surface area contributed by atoms with Gasteiger partial charge in [0.25, 0.3) is 0 Å². The minimum absolute atomic E-state index is 0.978. The Hall–Kier alpha value is -1.04. The molecule has 0 aromatic heterocycles. The summed E-state index contributed by atoms with van der Waals surface area (Å²) in [5, 5.41) is 0. The highest BCUT2D eigenvalue weighted by Gasteiger charge is 2.23. The van der Waals surface area contributed by atoms with Crippen LogP contribution in [0.5, 0.6) is 0 Å². The predicted molar refractivity (Wildman–Crippen MR) is 107 cm³/mol. The molecule has 1 fully saturated rings. The number of allylic oxidation sites excluding steroid dienone is 2. The topological polar surface area (TPSA) is 0 Å². The van der Waals surface area contributed by atoms with Crippen molar-refractivity contribution in [3.05, 3.63) is 48.0 Å². The lowest BCUT2D eigenvalue weighted by molar-refractivity contribution is 0.220. The van der Waals surface area contributed by atoms with Gasteiger partial charge in [-0.15, -0.1) is 0 Å². The summed E-state index contributed by atoms with van der Waals surface area (Å²) in [6.45, 7) is 2.28. The van der Waals surface area contributed by atoms with Gasteiger partial charge in [0.2, 0.25) is 0 Å². The quantitative estimate of drug-likeness (QED) is 0.288. The summed E-state index contributed by atoms with van der Waals surface area (Å²) < 4.78 is 0. The predicted octanol–water partition coefficient (Wildman–Crippen LogP) is 7.73. The van der Waals surface area contributed by atoms with Gasteiger partial charge < -0.3 is 0 Å². The smallest absolute Gasteiger partial charge is 0.0279 e. The maximum Gasteiger partial charge on any atom is -0.0279 e. The Kier molecular flexibility index (Phi) is 9.92. The normalized spacial score (nSPS) is 21.4. The van der Waals surface area contributed by atoms with E-state index >= 15 is 0 Å². The molecule has 24 heavy (non-hydrogen) atoms. The Bertz CT molecular complexity index is 431. The standard InChI is InChI=1S/C24H38/c1-2-3-4-5-11-18-23-20-13-14-21-24(23)19-12-7-10-17-22-15-8-6-9-16-22/h5-6,8-9,11,15-16,23-24H,2-4,7,10,12-14,17-21H2,1H3/b11-5-/t23-,24?/m0/s1. The summed E-state index contributed by atoms with van der Waals surface area (Å²) in [5.41, 5.74) is 1.50. The third-order valence-electron chi connectivity index (χ3n) is 5.78.